The largest absolute Gasteiger partial charge is 0.467 e. The number of hydrogen-bond donors (Lipinski definition) is 1. The van der Waals surface area contributed by atoms with Crippen molar-refractivity contribution >= 4 is 5.97 Å². The van der Waals surface area contributed by atoms with Crippen LogP contribution in [0.3, 0.4) is 0 Å². The van der Waals surface area contributed by atoms with E-state index in [1.165, 1.54) is 7.11 Å². The van der Waals surface area contributed by atoms with Crippen molar-refractivity contribution in [2.75, 3.05) is 33.9 Å². The third kappa shape index (κ3) is 3.00. The molecule has 1 aromatic carbocycles. The average molecular weight is 278 g/mol. The number of benzene rings is 1. The number of ether oxygens (including phenoxy) is 2. The van der Waals surface area contributed by atoms with Gasteiger partial charge in [0.1, 0.15) is 0 Å². The monoisotopic (exact) mass is 278 g/mol. The summed E-state index contributed by atoms with van der Waals surface area (Å²) >= 11 is 0. The Balaban J connectivity index is 2.21. The van der Waals surface area contributed by atoms with Gasteiger partial charge in [0.15, 0.2) is 5.54 Å². The van der Waals surface area contributed by atoms with Gasteiger partial charge in [0.2, 0.25) is 0 Å². The van der Waals surface area contributed by atoms with Gasteiger partial charge in [-0.05, 0) is 19.0 Å². The first-order valence-corrected chi connectivity index (χ1v) is 6.78. The molecule has 2 unspecified atom stereocenters. The van der Waals surface area contributed by atoms with E-state index in [1.807, 2.05) is 37.4 Å². The maximum Gasteiger partial charge on any atom is 0.331 e. The lowest BCUT2D eigenvalue weighted by Gasteiger charge is -2.34. The molecule has 5 nitrogen and oxygen atoms in total. The van der Waals surface area contributed by atoms with Crippen molar-refractivity contribution in [2.24, 2.45) is 5.73 Å². The van der Waals surface area contributed by atoms with Crippen LogP contribution in [-0.2, 0) is 19.8 Å². The topological polar surface area (TPSA) is 64.8 Å². The molecule has 0 spiro atoms. The van der Waals surface area contributed by atoms with E-state index in [1.54, 1.807) is 0 Å². The van der Waals surface area contributed by atoms with E-state index in [0.717, 1.165) is 18.6 Å². The van der Waals surface area contributed by atoms with E-state index in [0.29, 0.717) is 19.2 Å². The Bertz CT molecular complexity index is 446. The van der Waals surface area contributed by atoms with Gasteiger partial charge in [-0.3, -0.25) is 4.90 Å². The van der Waals surface area contributed by atoms with Crippen molar-refractivity contribution in [3.63, 3.8) is 0 Å². The molecule has 0 saturated carbocycles. The average Bonchev–Trinajstić information content (AvgIpc) is 3.01. The van der Waals surface area contributed by atoms with Crippen LogP contribution in [0.4, 0.5) is 0 Å². The van der Waals surface area contributed by atoms with Crippen molar-refractivity contribution in [3.05, 3.63) is 35.9 Å². The minimum atomic E-state index is -1.16. The predicted octanol–water partition coefficient (Wildman–Crippen LogP) is 0.734. The Hall–Kier alpha value is -1.43. The van der Waals surface area contributed by atoms with Gasteiger partial charge in [-0.25, -0.2) is 4.79 Å². The number of esters is 1. The molecule has 0 amide bonds. The Morgan fingerprint density at radius 1 is 1.50 bits per heavy atom. The maximum atomic E-state index is 12.2. The quantitative estimate of drug-likeness (QED) is 0.805. The van der Waals surface area contributed by atoms with E-state index in [9.17, 15) is 4.79 Å². The first kappa shape index (κ1) is 15.0. The molecule has 1 aromatic rings. The van der Waals surface area contributed by atoms with Crippen molar-refractivity contribution in [1.82, 2.24) is 4.90 Å². The van der Waals surface area contributed by atoms with Crippen LogP contribution in [0.5, 0.6) is 0 Å². The molecular weight excluding hydrogens is 256 g/mol. The predicted molar refractivity (Wildman–Crippen MR) is 76.2 cm³/mol. The Morgan fingerprint density at radius 2 is 2.20 bits per heavy atom. The Morgan fingerprint density at radius 3 is 2.75 bits per heavy atom. The Kier molecular flexibility index (Phi) is 4.75. The first-order valence-electron chi connectivity index (χ1n) is 6.78. The molecule has 2 atom stereocenters. The Labute approximate surface area is 119 Å². The second-order valence-corrected chi connectivity index (χ2v) is 5.26. The van der Waals surface area contributed by atoms with Gasteiger partial charge in [-0.1, -0.05) is 30.3 Å². The van der Waals surface area contributed by atoms with Gasteiger partial charge in [0.25, 0.3) is 0 Å². The molecular formula is C15H22N2O3. The number of nitrogens with zero attached hydrogens (tertiary/aromatic N) is 1. The van der Waals surface area contributed by atoms with E-state index in [4.69, 9.17) is 15.2 Å². The van der Waals surface area contributed by atoms with Gasteiger partial charge in [-0.15, -0.1) is 0 Å². The number of hydrogen-bond acceptors (Lipinski definition) is 5. The summed E-state index contributed by atoms with van der Waals surface area (Å²) in [4.78, 5) is 14.3. The molecule has 0 radical (unpaired) electrons. The van der Waals surface area contributed by atoms with Crippen LogP contribution < -0.4 is 5.73 Å². The maximum absolute atomic E-state index is 12.2. The fourth-order valence-electron chi connectivity index (χ4n) is 2.58. The van der Waals surface area contributed by atoms with Crippen LogP contribution >= 0.6 is 0 Å². The van der Waals surface area contributed by atoms with Crippen LogP contribution in [0, 0.1) is 0 Å². The van der Waals surface area contributed by atoms with Crippen LogP contribution in [0.25, 0.3) is 0 Å². The lowest BCUT2D eigenvalue weighted by molar-refractivity contribution is -0.148. The third-order valence-electron chi connectivity index (χ3n) is 3.87. The summed E-state index contributed by atoms with van der Waals surface area (Å²) in [6.45, 7) is 1.84. The lowest BCUT2D eigenvalue weighted by Crippen LogP contribution is -2.55. The highest BCUT2D eigenvalue weighted by Gasteiger charge is 2.39. The first-order chi connectivity index (χ1) is 9.58. The van der Waals surface area contributed by atoms with E-state index in [-0.39, 0.29) is 0 Å². The summed E-state index contributed by atoms with van der Waals surface area (Å²) in [5.41, 5.74) is 5.99. The second kappa shape index (κ2) is 6.35. The van der Waals surface area contributed by atoms with Crippen molar-refractivity contribution in [3.8, 4) is 0 Å². The van der Waals surface area contributed by atoms with Crippen LogP contribution in [0.15, 0.2) is 30.3 Å². The van der Waals surface area contributed by atoms with Crippen LogP contribution in [0.1, 0.15) is 12.0 Å². The molecule has 1 aliphatic heterocycles. The van der Waals surface area contributed by atoms with E-state index in [2.05, 4.69) is 4.90 Å². The summed E-state index contributed by atoms with van der Waals surface area (Å²) in [6, 6.07) is 9.66. The zero-order valence-corrected chi connectivity index (χ0v) is 12.0. The molecule has 110 valence electrons. The fourth-order valence-corrected chi connectivity index (χ4v) is 2.58. The normalized spacial score (nSPS) is 21.7. The summed E-state index contributed by atoms with van der Waals surface area (Å²) in [6.07, 6.45) is 0.961. The van der Waals surface area contributed by atoms with Gasteiger partial charge in [0, 0.05) is 19.2 Å². The molecule has 1 aliphatic rings. The highest BCUT2D eigenvalue weighted by atomic mass is 16.5. The zero-order valence-electron chi connectivity index (χ0n) is 12.0. The second-order valence-electron chi connectivity index (χ2n) is 5.26. The molecule has 2 N–H and O–H groups in total. The van der Waals surface area contributed by atoms with Crippen LogP contribution in [-0.4, -0.2) is 50.8 Å². The number of rotatable bonds is 5. The molecule has 5 heteroatoms. The van der Waals surface area contributed by atoms with Gasteiger partial charge in [0.05, 0.1) is 13.7 Å². The SMILES string of the molecule is COC(=O)C(N)(CN(C)C1CCOC1)c1ccccc1. The highest BCUT2D eigenvalue weighted by molar-refractivity contribution is 5.82. The molecule has 0 bridgehead atoms. The summed E-state index contributed by atoms with van der Waals surface area (Å²) in [5.74, 6) is -0.422. The number of methoxy groups -OCH3 is 1. The van der Waals surface area contributed by atoms with Crippen LogP contribution in [0.2, 0.25) is 0 Å². The van der Waals surface area contributed by atoms with Crippen molar-refractivity contribution in [2.45, 2.75) is 18.0 Å². The molecule has 2 rings (SSSR count). The molecule has 1 saturated heterocycles. The highest BCUT2D eigenvalue weighted by Crippen LogP contribution is 2.23. The molecule has 1 heterocycles. The minimum Gasteiger partial charge on any atom is -0.467 e. The molecule has 0 aromatic heterocycles. The van der Waals surface area contributed by atoms with Crippen molar-refractivity contribution < 1.29 is 14.3 Å². The third-order valence-corrected chi connectivity index (χ3v) is 3.87. The molecule has 0 aliphatic carbocycles. The number of likely N-dealkylation sites (N-methyl/N-ethyl adjacent to an activating group) is 1. The van der Waals surface area contributed by atoms with Gasteiger partial charge in [-0.2, -0.15) is 0 Å². The number of carbonyl (C=O) groups excluding carboxylic acids is 1. The van der Waals surface area contributed by atoms with E-state index < -0.39 is 11.5 Å². The summed E-state index contributed by atoms with van der Waals surface area (Å²) < 4.78 is 10.3. The molecule has 1 fully saturated rings. The van der Waals surface area contributed by atoms with E-state index >= 15 is 0 Å². The van der Waals surface area contributed by atoms with Crippen molar-refractivity contribution in [1.29, 1.82) is 0 Å². The summed E-state index contributed by atoms with van der Waals surface area (Å²) in [5, 5.41) is 0. The van der Waals surface area contributed by atoms with Gasteiger partial charge < -0.3 is 15.2 Å². The zero-order chi connectivity index (χ0) is 14.6. The standard InChI is InChI=1S/C15H22N2O3/c1-17(13-8-9-20-10-13)11-15(16,14(18)19-2)12-6-4-3-5-7-12/h3-7,13H,8-11,16H2,1-2H3. The minimum absolute atomic E-state index is 0.297. The number of nitrogens with two attached hydrogens (primary N) is 1. The fraction of sp³-hybridized carbons (Fsp3) is 0.533. The summed E-state index contributed by atoms with van der Waals surface area (Å²) in [7, 11) is 3.33. The smallest absolute Gasteiger partial charge is 0.331 e. The lowest BCUT2D eigenvalue weighted by atomic mass is 9.90. The molecule has 20 heavy (non-hydrogen) atoms. The van der Waals surface area contributed by atoms with Gasteiger partial charge >= 0.3 is 5.97 Å². The number of carbonyl (C=O) groups is 1.